The Bertz CT molecular complexity index is 852. The van der Waals surface area contributed by atoms with E-state index in [2.05, 4.69) is 0 Å². The standard InChI is InChI=1S/C17H18N2O5S/c1-13-17(14-5-3-2-4-6-14)24-12-11-18(13)25(22,23)16-9-7-15(8-10-16)19(20)21/h2-10,13,17H,11-12H2,1H3/t13-,17+/m1/s1. The number of morpholine rings is 1. The smallest absolute Gasteiger partial charge is 0.269 e. The molecule has 0 N–H and O–H groups in total. The van der Waals surface area contributed by atoms with Crippen LogP contribution in [0.4, 0.5) is 5.69 Å². The first-order chi connectivity index (χ1) is 11.9. The van der Waals surface area contributed by atoms with E-state index in [4.69, 9.17) is 4.74 Å². The first-order valence-electron chi connectivity index (χ1n) is 7.84. The molecule has 2 atom stereocenters. The Kier molecular flexibility index (Phi) is 4.85. The van der Waals surface area contributed by atoms with Gasteiger partial charge in [-0.1, -0.05) is 30.3 Å². The summed E-state index contributed by atoms with van der Waals surface area (Å²) in [6.07, 6.45) is -0.359. The van der Waals surface area contributed by atoms with Crippen LogP contribution in [0.1, 0.15) is 18.6 Å². The molecule has 2 aromatic carbocycles. The molecule has 7 nitrogen and oxygen atoms in total. The molecule has 1 aliphatic heterocycles. The van der Waals surface area contributed by atoms with Crippen LogP contribution in [-0.2, 0) is 14.8 Å². The van der Waals surface area contributed by atoms with E-state index in [0.29, 0.717) is 0 Å². The Morgan fingerprint density at radius 1 is 1.12 bits per heavy atom. The van der Waals surface area contributed by atoms with Crippen molar-refractivity contribution in [2.75, 3.05) is 13.2 Å². The van der Waals surface area contributed by atoms with Gasteiger partial charge >= 0.3 is 0 Å². The maximum absolute atomic E-state index is 13.0. The summed E-state index contributed by atoms with van der Waals surface area (Å²) in [6, 6.07) is 14.0. The number of non-ortho nitro benzene ring substituents is 1. The Balaban J connectivity index is 1.89. The molecule has 1 aliphatic rings. The van der Waals surface area contributed by atoms with Crippen LogP contribution in [0, 0.1) is 10.1 Å². The number of benzene rings is 2. The van der Waals surface area contributed by atoms with Gasteiger partial charge in [-0.25, -0.2) is 8.42 Å². The lowest BCUT2D eigenvalue weighted by atomic mass is 10.0. The van der Waals surface area contributed by atoms with Gasteiger partial charge in [0.05, 0.1) is 28.6 Å². The van der Waals surface area contributed by atoms with Crippen molar-refractivity contribution in [3.63, 3.8) is 0 Å². The lowest BCUT2D eigenvalue weighted by molar-refractivity contribution is -0.384. The van der Waals surface area contributed by atoms with Crippen molar-refractivity contribution in [2.24, 2.45) is 0 Å². The number of sulfonamides is 1. The van der Waals surface area contributed by atoms with Crippen LogP contribution in [0.15, 0.2) is 59.5 Å². The molecule has 1 fully saturated rings. The molecule has 0 amide bonds. The first-order valence-corrected chi connectivity index (χ1v) is 9.28. The van der Waals surface area contributed by atoms with Crippen LogP contribution in [0.25, 0.3) is 0 Å². The fourth-order valence-electron chi connectivity index (χ4n) is 3.00. The maximum atomic E-state index is 13.0. The van der Waals surface area contributed by atoms with Crippen molar-refractivity contribution in [1.29, 1.82) is 0 Å². The van der Waals surface area contributed by atoms with E-state index in [1.807, 2.05) is 30.3 Å². The molecule has 3 rings (SSSR count). The zero-order valence-electron chi connectivity index (χ0n) is 13.6. The second-order valence-corrected chi connectivity index (χ2v) is 7.70. The predicted octanol–water partition coefficient (Wildman–Crippen LogP) is 2.75. The molecule has 25 heavy (non-hydrogen) atoms. The fourth-order valence-corrected chi connectivity index (χ4v) is 4.61. The largest absolute Gasteiger partial charge is 0.370 e. The van der Waals surface area contributed by atoms with Gasteiger partial charge in [0.2, 0.25) is 10.0 Å². The molecule has 0 spiro atoms. The molecule has 1 heterocycles. The topological polar surface area (TPSA) is 89.8 Å². The number of nitro benzene ring substituents is 1. The quantitative estimate of drug-likeness (QED) is 0.616. The molecule has 8 heteroatoms. The summed E-state index contributed by atoms with van der Waals surface area (Å²) in [5, 5.41) is 10.7. The fraction of sp³-hybridized carbons (Fsp3) is 0.294. The van der Waals surface area contributed by atoms with Gasteiger partial charge in [-0.05, 0) is 24.6 Å². The zero-order chi connectivity index (χ0) is 18.0. The van der Waals surface area contributed by atoms with E-state index >= 15 is 0 Å². The van der Waals surface area contributed by atoms with Crippen LogP contribution >= 0.6 is 0 Å². The normalized spacial score (nSPS) is 21.8. The predicted molar refractivity (Wildman–Crippen MR) is 91.6 cm³/mol. The minimum Gasteiger partial charge on any atom is -0.370 e. The summed E-state index contributed by atoms with van der Waals surface area (Å²) in [7, 11) is -3.76. The van der Waals surface area contributed by atoms with Gasteiger partial charge in [-0.15, -0.1) is 0 Å². The van der Waals surface area contributed by atoms with E-state index in [1.165, 1.54) is 28.6 Å². The van der Waals surface area contributed by atoms with Crippen molar-refractivity contribution in [3.8, 4) is 0 Å². The number of hydrogen-bond acceptors (Lipinski definition) is 5. The molecule has 1 saturated heterocycles. The van der Waals surface area contributed by atoms with Crippen molar-refractivity contribution in [2.45, 2.75) is 24.0 Å². The lowest BCUT2D eigenvalue weighted by Gasteiger charge is -2.38. The van der Waals surface area contributed by atoms with Gasteiger partial charge < -0.3 is 4.74 Å². The van der Waals surface area contributed by atoms with Crippen LogP contribution in [0.3, 0.4) is 0 Å². The molecule has 0 aromatic heterocycles. The molecule has 0 saturated carbocycles. The number of hydrogen-bond donors (Lipinski definition) is 0. The van der Waals surface area contributed by atoms with Gasteiger partial charge in [-0.3, -0.25) is 10.1 Å². The SMILES string of the molecule is C[C@@H]1[C@@H](c2ccccc2)OCCN1S(=O)(=O)c1ccc([N+](=O)[O-])cc1. The maximum Gasteiger partial charge on any atom is 0.269 e. The third kappa shape index (κ3) is 3.41. The summed E-state index contributed by atoms with van der Waals surface area (Å²) < 4.78 is 33.1. The third-order valence-electron chi connectivity index (χ3n) is 4.28. The summed E-state index contributed by atoms with van der Waals surface area (Å²) in [4.78, 5) is 10.2. The van der Waals surface area contributed by atoms with Crippen molar-refractivity contribution >= 4 is 15.7 Å². The van der Waals surface area contributed by atoms with Crippen LogP contribution in [0.5, 0.6) is 0 Å². The average Bonchev–Trinajstić information content (AvgIpc) is 2.62. The molecule has 0 aliphatic carbocycles. The van der Waals surface area contributed by atoms with Gasteiger partial charge in [0.25, 0.3) is 5.69 Å². The van der Waals surface area contributed by atoms with Crippen LogP contribution < -0.4 is 0 Å². The van der Waals surface area contributed by atoms with Gasteiger partial charge in [0, 0.05) is 18.7 Å². The molecular weight excluding hydrogens is 344 g/mol. The molecular formula is C17H18N2O5S. The van der Waals surface area contributed by atoms with E-state index in [9.17, 15) is 18.5 Å². The summed E-state index contributed by atoms with van der Waals surface area (Å²) >= 11 is 0. The average molecular weight is 362 g/mol. The summed E-state index contributed by atoms with van der Waals surface area (Å²) in [5.41, 5.74) is 0.773. The first kappa shape index (κ1) is 17.5. The molecule has 132 valence electrons. The Hall–Kier alpha value is -2.29. The van der Waals surface area contributed by atoms with Crippen molar-refractivity contribution in [1.82, 2.24) is 4.31 Å². The number of nitro groups is 1. The molecule has 2 aromatic rings. The summed E-state index contributed by atoms with van der Waals surface area (Å²) in [6.45, 7) is 2.33. The molecule has 0 bridgehead atoms. The van der Waals surface area contributed by atoms with Crippen molar-refractivity contribution < 1.29 is 18.1 Å². The zero-order valence-corrected chi connectivity index (χ0v) is 14.4. The minimum atomic E-state index is -3.76. The molecule has 0 radical (unpaired) electrons. The minimum absolute atomic E-state index is 0.0404. The van der Waals surface area contributed by atoms with Gasteiger partial charge in [-0.2, -0.15) is 4.31 Å². The summed E-state index contributed by atoms with van der Waals surface area (Å²) in [5.74, 6) is 0. The highest BCUT2D eigenvalue weighted by molar-refractivity contribution is 7.89. The van der Waals surface area contributed by atoms with E-state index < -0.39 is 21.0 Å². The number of nitrogens with zero attached hydrogens (tertiary/aromatic N) is 2. The third-order valence-corrected chi connectivity index (χ3v) is 6.28. The Morgan fingerprint density at radius 3 is 2.36 bits per heavy atom. The Morgan fingerprint density at radius 2 is 1.76 bits per heavy atom. The van der Waals surface area contributed by atoms with E-state index in [0.717, 1.165) is 5.56 Å². The van der Waals surface area contributed by atoms with Crippen LogP contribution in [-0.4, -0.2) is 36.8 Å². The second-order valence-electron chi connectivity index (χ2n) is 5.81. The van der Waals surface area contributed by atoms with Gasteiger partial charge in [0.1, 0.15) is 0 Å². The number of ether oxygens (including phenoxy) is 1. The van der Waals surface area contributed by atoms with E-state index in [1.54, 1.807) is 6.92 Å². The second kappa shape index (κ2) is 6.91. The monoisotopic (exact) mass is 362 g/mol. The van der Waals surface area contributed by atoms with E-state index in [-0.39, 0.29) is 29.8 Å². The lowest BCUT2D eigenvalue weighted by Crippen LogP contribution is -2.48. The highest BCUT2D eigenvalue weighted by atomic mass is 32.2. The highest BCUT2D eigenvalue weighted by Gasteiger charge is 2.37. The Labute approximate surface area is 146 Å². The van der Waals surface area contributed by atoms with Crippen molar-refractivity contribution in [3.05, 3.63) is 70.3 Å². The van der Waals surface area contributed by atoms with Gasteiger partial charge in [0.15, 0.2) is 0 Å². The number of rotatable bonds is 4. The van der Waals surface area contributed by atoms with Crippen LogP contribution in [0.2, 0.25) is 0 Å². The molecule has 0 unspecified atom stereocenters. The highest BCUT2D eigenvalue weighted by Crippen LogP contribution is 2.32.